The Balaban J connectivity index is 1.64. The van der Waals surface area contributed by atoms with E-state index < -0.39 is 5.41 Å². The number of primary amides is 1. The van der Waals surface area contributed by atoms with Gasteiger partial charge in [-0.15, -0.1) is 0 Å². The second-order valence-corrected chi connectivity index (χ2v) is 7.55. The van der Waals surface area contributed by atoms with Crippen LogP contribution in [0.3, 0.4) is 0 Å². The van der Waals surface area contributed by atoms with Gasteiger partial charge in [0.2, 0.25) is 5.91 Å². The van der Waals surface area contributed by atoms with E-state index in [-0.39, 0.29) is 29.2 Å². The van der Waals surface area contributed by atoms with Crippen LogP contribution in [0.4, 0.5) is 0 Å². The molecule has 2 saturated heterocycles. The smallest absolute Gasteiger partial charge is 0.289 e. The minimum absolute atomic E-state index is 0.0312. The predicted molar refractivity (Wildman–Crippen MR) is 100 cm³/mol. The van der Waals surface area contributed by atoms with E-state index in [1.165, 1.54) is 0 Å². The van der Waals surface area contributed by atoms with Crippen molar-refractivity contribution in [3.8, 4) is 0 Å². The Hall–Kier alpha value is -2.74. The Bertz CT molecular complexity index is 971. The highest BCUT2D eigenvalue weighted by Gasteiger charge is 2.51. The number of carbonyl (C=O) groups is 2. The number of hydrogen-bond acceptors (Lipinski definition) is 5. The number of amides is 2. The molecule has 1 aromatic carbocycles. The van der Waals surface area contributed by atoms with Crippen molar-refractivity contribution in [2.45, 2.75) is 25.3 Å². The summed E-state index contributed by atoms with van der Waals surface area (Å²) >= 11 is 0. The molecular formula is C19H23N5O3. The number of aromatic amines is 1. The highest BCUT2D eigenvalue weighted by Crippen LogP contribution is 2.41. The number of likely N-dealkylation sites (N-methyl/N-ethyl adjacent to an activating group) is 1. The van der Waals surface area contributed by atoms with Gasteiger partial charge in [0, 0.05) is 19.1 Å². The van der Waals surface area contributed by atoms with Crippen LogP contribution in [0, 0.1) is 5.41 Å². The number of likely N-dealkylation sites (tertiary alicyclic amines) is 2. The van der Waals surface area contributed by atoms with Crippen molar-refractivity contribution in [1.29, 1.82) is 0 Å². The van der Waals surface area contributed by atoms with E-state index in [2.05, 4.69) is 14.9 Å². The fraction of sp³-hybridized carbons (Fsp3) is 0.474. The number of H-pyrrole nitrogens is 1. The quantitative estimate of drug-likeness (QED) is 0.792. The fourth-order valence-corrected chi connectivity index (χ4v) is 4.56. The van der Waals surface area contributed by atoms with Crippen LogP contribution in [0.2, 0.25) is 0 Å². The first-order chi connectivity index (χ1) is 12.9. The van der Waals surface area contributed by atoms with Crippen molar-refractivity contribution in [3.63, 3.8) is 0 Å². The average molecular weight is 369 g/mol. The molecule has 0 aliphatic carbocycles. The van der Waals surface area contributed by atoms with Crippen LogP contribution in [0.1, 0.15) is 29.9 Å². The van der Waals surface area contributed by atoms with Gasteiger partial charge in [0.25, 0.3) is 11.5 Å². The van der Waals surface area contributed by atoms with Gasteiger partial charge in [-0.25, -0.2) is 4.98 Å². The van der Waals surface area contributed by atoms with E-state index in [4.69, 9.17) is 5.73 Å². The van der Waals surface area contributed by atoms with E-state index in [1.807, 2.05) is 7.05 Å². The summed E-state index contributed by atoms with van der Waals surface area (Å²) in [6.07, 6.45) is 2.20. The van der Waals surface area contributed by atoms with E-state index in [0.29, 0.717) is 30.4 Å². The average Bonchev–Trinajstić information content (AvgIpc) is 2.67. The van der Waals surface area contributed by atoms with E-state index in [0.717, 1.165) is 19.4 Å². The second kappa shape index (κ2) is 6.45. The summed E-state index contributed by atoms with van der Waals surface area (Å²) in [5.74, 6) is -0.581. The summed E-state index contributed by atoms with van der Waals surface area (Å²) in [6, 6.07) is 6.81. The van der Waals surface area contributed by atoms with Gasteiger partial charge >= 0.3 is 0 Å². The molecule has 2 aromatic rings. The molecule has 2 aliphatic rings. The van der Waals surface area contributed by atoms with Gasteiger partial charge in [-0.2, -0.15) is 0 Å². The maximum absolute atomic E-state index is 13.0. The monoisotopic (exact) mass is 369 g/mol. The first-order valence-electron chi connectivity index (χ1n) is 9.21. The normalized spacial score (nSPS) is 26.0. The molecule has 8 heteroatoms. The second-order valence-electron chi connectivity index (χ2n) is 7.55. The van der Waals surface area contributed by atoms with Gasteiger partial charge in [0.15, 0.2) is 5.82 Å². The third-order valence-corrected chi connectivity index (χ3v) is 6.12. The lowest BCUT2D eigenvalue weighted by atomic mass is 9.68. The fourth-order valence-electron chi connectivity index (χ4n) is 4.56. The lowest BCUT2D eigenvalue weighted by Crippen LogP contribution is -2.65. The Morgan fingerprint density at radius 2 is 2.04 bits per heavy atom. The van der Waals surface area contributed by atoms with Crippen LogP contribution in [0.5, 0.6) is 0 Å². The summed E-state index contributed by atoms with van der Waals surface area (Å²) in [5, 5.41) is 0.451. The van der Waals surface area contributed by atoms with E-state index >= 15 is 0 Å². The topological polar surface area (TPSA) is 112 Å². The maximum atomic E-state index is 13.0. The van der Waals surface area contributed by atoms with Crippen LogP contribution in [-0.2, 0) is 4.79 Å². The van der Waals surface area contributed by atoms with E-state index in [9.17, 15) is 14.4 Å². The number of nitrogens with one attached hydrogen (secondary N) is 1. The third kappa shape index (κ3) is 2.80. The molecular weight excluding hydrogens is 346 g/mol. The number of rotatable bonds is 2. The largest absolute Gasteiger partial charge is 0.369 e. The molecule has 4 rings (SSSR count). The number of fused-ring (bicyclic) bond motifs is 2. The molecule has 2 atom stereocenters. The molecule has 8 nitrogen and oxygen atoms in total. The summed E-state index contributed by atoms with van der Waals surface area (Å²) in [7, 11) is 1.96. The van der Waals surface area contributed by atoms with Crippen molar-refractivity contribution in [2.24, 2.45) is 11.1 Å². The standard InChI is InChI=1S/C19H23N5O3/c1-23-9-4-7-19(18(20)27)8-10-24(11-14(19)23)17(26)15-21-13-6-3-2-5-12(13)16(25)22-15/h2-3,5-6,14H,4,7-11H2,1H3,(H2,20,27)(H,21,22,25)/t14-,19+/m0/s1. The van der Waals surface area contributed by atoms with Gasteiger partial charge < -0.3 is 20.5 Å². The molecule has 2 amide bonds. The van der Waals surface area contributed by atoms with Crippen molar-refractivity contribution in [1.82, 2.24) is 19.8 Å². The van der Waals surface area contributed by atoms with Crippen LogP contribution in [-0.4, -0.2) is 64.3 Å². The molecule has 2 aliphatic heterocycles. The predicted octanol–water partition coefficient (Wildman–Crippen LogP) is 0.335. The van der Waals surface area contributed by atoms with Gasteiger partial charge in [0.1, 0.15) is 0 Å². The zero-order valence-corrected chi connectivity index (χ0v) is 15.3. The maximum Gasteiger partial charge on any atom is 0.289 e. The number of para-hydroxylation sites is 1. The van der Waals surface area contributed by atoms with Crippen molar-refractivity contribution in [2.75, 3.05) is 26.7 Å². The molecule has 1 aromatic heterocycles. The molecule has 27 heavy (non-hydrogen) atoms. The molecule has 2 fully saturated rings. The first kappa shape index (κ1) is 17.7. The van der Waals surface area contributed by atoms with Crippen molar-refractivity contribution < 1.29 is 9.59 Å². The van der Waals surface area contributed by atoms with Gasteiger partial charge in [0.05, 0.1) is 16.3 Å². The number of piperidine rings is 2. The molecule has 3 heterocycles. The van der Waals surface area contributed by atoms with Crippen molar-refractivity contribution in [3.05, 3.63) is 40.4 Å². The number of nitrogens with zero attached hydrogens (tertiary/aromatic N) is 3. The third-order valence-electron chi connectivity index (χ3n) is 6.12. The minimum Gasteiger partial charge on any atom is -0.369 e. The molecule has 3 N–H and O–H groups in total. The highest BCUT2D eigenvalue weighted by molar-refractivity contribution is 5.93. The van der Waals surface area contributed by atoms with Gasteiger partial charge in [-0.05, 0) is 45.0 Å². The van der Waals surface area contributed by atoms with E-state index in [1.54, 1.807) is 29.2 Å². The van der Waals surface area contributed by atoms with Crippen LogP contribution in [0.25, 0.3) is 10.9 Å². The lowest BCUT2D eigenvalue weighted by molar-refractivity contribution is -0.139. The Kier molecular flexibility index (Phi) is 4.22. The number of carbonyl (C=O) groups excluding carboxylic acids is 2. The SMILES string of the molecule is CN1CCC[C@@]2(C(N)=O)CCN(C(=O)c3nc4ccccc4c(=O)[nH]3)C[C@H]12. The highest BCUT2D eigenvalue weighted by atomic mass is 16.2. The number of nitrogens with two attached hydrogens (primary N) is 1. The molecule has 0 spiro atoms. The molecule has 0 saturated carbocycles. The summed E-state index contributed by atoms with van der Waals surface area (Å²) in [4.78, 5) is 48.2. The minimum atomic E-state index is -0.589. The van der Waals surface area contributed by atoms with Crippen LogP contribution < -0.4 is 11.3 Å². The number of benzene rings is 1. The Morgan fingerprint density at radius 3 is 2.81 bits per heavy atom. The summed E-state index contributed by atoms with van der Waals surface area (Å²) in [6.45, 7) is 1.68. The van der Waals surface area contributed by atoms with Crippen molar-refractivity contribution >= 4 is 22.7 Å². The van der Waals surface area contributed by atoms with Gasteiger partial charge in [-0.1, -0.05) is 12.1 Å². The zero-order chi connectivity index (χ0) is 19.2. The van der Waals surface area contributed by atoms with Gasteiger partial charge in [-0.3, -0.25) is 14.4 Å². The lowest BCUT2D eigenvalue weighted by Gasteiger charge is -2.52. The first-order valence-corrected chi connectivity index (χ1v) is 9.21. The number of aromatic nitrogens is 2. The summed E-state index contributed by atoms with van der Waals surface area (Å²) in [5.41, 5.74) is 5.33. The van der Waals surface area contributed by atoms with Crippen LogP contribution >= 0.6 is 0 Å². The Morgan fingerprint density at radius 1 is 1.26 bits per heavy atom. The molecule has 0 unspecified atom stereocenters. The zero-order valence-electron chi connectivity index (χ0n) is 15.3. The number of hydrogen-bond donors (Lipinski definition) is 2. The molecule has 0 bridgehead atoms. The molecule has 142 valence electrons. The Labute approximate surface area is 156 Å². The summed E-state index contributed by atoms with van der Waals surface area (Å²) < 4.78 is 0. The van der Waals surface area contributed by atoms with Crippen LogP contribution in [0.15, 0.2) is 29.1 Å². The molecule has 0 radical (unpaired) electrons.